The molecule has 1 saturated heterocycles. The molecule has 0 amide bonds. The number of hydrogen-bond donors (Lipinski definition) is 2. The van der Waals surface area contributed by atoms with Gasteiger partial charge >= 0.3 is 0 Å². The highest BCUT2D eigenvalue weighted by Crippen LogP contribution is 2.34. The molecule has 1 saturated carbocycles. The van der Waals surface area contributed by atoms with Gasteiger partial charge in [0.1, 0.15) is 0 Å². The monoisotopic (exact) mass is 199 g/mol. The van der Waals surface area contributed by atoms with E-state index < -0.39 is 0 Å². The average molecular weight is 199 g/mol. The number of aliphatic hydroxyl groups excluding tert-OH is 1. The van der Waals surface area contributed by atoms with Crippen LogP contribution in [-0.2, 0) is 4.74 Å². The maximum absolute atomic E-state index is 9.58. The molecule has 1 heterocycles. The number of nitrogens with one attached hydrogen (secondary N) is 1. The first-order valence-corrected chi connectivity index (χ1v) is 5.81. The maximum Gasteiger partial charge on any atom is 0.0679 e. The molecule has 14 heavy (non-hydrogen) atoms. The summed E-state index contributed by atoms with van der Waals surface area (Å²) in [4.78, 5) is 0. The molecule has 0 bridgehead atoms. The van der Waals surface area contributed by atoms with Gasteiger partial charge in [-0.15, -0.1) is 0 Å². The van der Waals surface area contributed by atoms with Gasteiger partial charge in [0.2, 0.25) is 0 Å². The summed E-state index contributed by atoms with van der Waals surface area (Å²) in [7, 11) is 0. The van der Waals surface area contributed by atoms with Crippen molar-refractivity contribution in [2.24, 2.45) is 5.92 Å². The Morgan fingerprint density at radius 1 is 1.29 bits per heavy atom. The van der Waals surface area contributed by atoms with Gasteiger partial charge in [0.05, 0.1) is 18.8 Å². The third-order valence-electron chi connectivity index (χ3n) is 3.72. The molecule has 0 aromatic heterocycles. The molecule has 0 spiro atoms. The van der Waals surface area contributed by atoms with Crippen LogP contribution in [-0.4, -0.2) is 37.0 Å². The van der Waals surface area contributed by atoms with Crippen LogP contribution in [0.1, 0.15) is 32.1 Å². The van der Waals surface area contributed by atoms with Crippen molar-refractivity contribution in [3.05, 3.63) is 0 Å². The highest BCUT2D eigenvalue weighted by atomic mass is 16.5. The summed E-state index contributed by atoms with van der Waals surface area (Å²) in [5.74, 6) is 0.616. The lowest BCUT2D eigenvalue weighted by Gasteiger charge is -2.37. The summed E-state index contributed by atoms with van der Waals surface area (Å²) in [6.45, 7) is 2.73. The Bertz CT molecular complexity index is 170. The van der Waals surface area contributed by atoms with E-state index in [4.69, 9.17) is 4.74 Å². The largest absolute Gasteiger partial charge is 0.394 e. The Morgan fingerprint density at radius 2 is 2.07 bits per heavy atom. The van der Waals surface area contributed by atoms with Crippen molar-refractivity contribution >= 4 is 0 Å². The van der Waals surface area contributed by atoms with Gasteiger partial charge in [-0.2, -0.15) is 0 Å². The molecule has 0 radical (unpaired) electrons. The van der Waals surface area contributed by atoms with Crippen LogP contribution in [0.25, 0.3) is 0 Å². The zero-order chi connectivity index (χ0) is 9.86. The second-order valence-corrected chi connectivity index (χ2v) is 4.63. The van der Waals surface area contributed by atoms with Crippen molar-refractivity contribution in [2.45, 2.75) is 37.6 Å². The SMILES string of the molecule is OCC1(C2CCCC2)COCCCN1. The predicted octanol–water partition coefficient (Wildman–Crippen LogP) is 0.918. The summed E-state index contributed by atoms with van der Waals surface area (Å²) in [5, 5.41) is 13.1. The number of rotatable bonds is 2. The molecular weight excluding hydrogens is 178 g/mol. The lowest BCUT2D eigenvalue weighted by molar-refractivity contribution is 0.0238. The van der Waals surface area contributed by atoms with Crippen LogP contribution < -0.4 is 5.32 Å². The van der Waals surface area contributed by atoms with Gasteiger partial charge in [0, 0.05) is 6.61 Å². The fourth-order valence-corrected chi connectivity index (χ4v) is 2.79. The smallest absolute Gasteiger partial charge is 0.0679 e. The molecule has 3 heteroatoms. The second kappa shape index (κ2) is 4.60. The molecule has 0 aromatic carbocycles. The zero-order valence-electron chi connectivity index (χ0n) is 8.80. The van der Waals surface area contributed by atoms with Crippen LogP contribution in [0.3, 0.4) is 0 Å². The minimum absolute atomic E-state index is 0.132. The number of hydrogen-bond acceptors (Lipinski definition) is 3. The van der Waals surface area contributed by atoms with Gasteiger partial charge in [-0.3, -0.25) is 0 Å². The molecule has 1 unspecified atom stereocenters. The molecule has 3 nitrogen and oxygen atoms in total. The molecular formula is C11H21NO2. The first kappa shape index (κ1) is 10.4. The summed E-state index contributed by atoms with van der Waals surface area (Å²) in [6, 6.07) is 0. The molecule has 2 fully saturated rings. The van der Waals surface area contributed by atoms with E-state index in [1.54, 1.807) is 0 Å². The average Bonchev–Trinajstić information content (AvgIpc) is 2.64. The Balaban J connectivity index is 2.04. The van der Waals surface area contributed by atoms with Crippen LogP contribution in [0.2, 0.25) is 0 Å². The van der Waals surface area contributed by atoms with Gasteiger partial charge in [-0.25, -0.2) is 0 Å². The fraction of sp³-hybridized carbons (Fsp3) is 1.00. The van der Waals surface area contributed by atoms with Crippen LogP contribution in [0, 0.1) is 5.92 Å². The Labute approximate surface area is 85.8 Å². The van der Waals surface area contributed by atoms with Crippen molar-refractivity contribution < 1.29 is 9.84 Å². The lowest BCUT2D eigenvalue weighted by Crippen LogP contribution is -2.56. The fourth-order valence-electron chi connectivity index (χ4n) is 2.79. The van der Waals surface area contributed by atoms with E-state index in [1.165, 1.54) is 25.7 Å². The quantitative estimate of drug-likeness (QED) is 0.695. The summed E-state index contributed by atoms with van der Waals surface area (Å²) >= 11 is 0. The highest BCUT2D eigenvalue weighted by Gasteiger charge is 2.40. The third kappa shape index (κ3) is 1.95. The van der Waals surface area contributed by atoms with Gasteiger partial charge in [-0.1, -0.05) is 12.8 Å². The number of ether oxygens (including phenoxy) is 1. The Kier molecular flexibility index (Phi) is 3.42. The van der Waals surface area contributed by atoms with Crippen LogP contribution in [0.15, 0.2) is 0 Å². The van der Waals surface area contributed by atoms with E-state index >= 15 is 0 Å². The van der Waals surface area contributed by atoms with Crippen LogP contribution in [0.4, 0.5) is 0 Å². The second-order valence-electron chi connectivity index (χ2n) is 4.63. The van der Waals surface area contributed by atoms with E-state index in [9.17, 15) is 5.11 Å². The topological polar surface area (TPSA) is 41.5 Å². The lowest BCUT2D eigenvalue weighted by atomic mass is 9.84. The van der Waals surface area contributed by atoms with Crippen LogP contribution >= 0.6 is 0 Å². The summed E-state index contributed by atoms with van der Waals surface area (Å²) < 4.78 is 5.59. The molecule has 2 aliphatic rings. The first-order chi connectivity index (χ1) is 6.87. The molecule has 1 atom stereocenters. The first-order valence-electron chi connectivity index (χ1n) is 5.81. The molecule has 2 N–H and O–H groups in total. The predicted molar refractivity (Wildman–Crippen MR) is 55.2 cm³/mol. The Morgan fingerprint density at radius 3 is 2.79 bits per heavy atom. The summed E-state index contributed by atoms with van der Waals surface area (Å²) in [5.41, 5.74) is -0.132. The van der Waals surface area contributed by atoms with Crippen molar-refractivity contribution in [3.63, 3.8) is 0 Å². The minimum Gasteiger partial charge on any atom is -0.394 e. The molecule has 2 rings (SSSR count). The van der Waals surface area contributed by atoms with Crippen molar-refractivity contribution in [1.82, 2.24) is 5.32 Å². The van der Waals surface area contributed by atoms with Gasteiger partial charge in [-0.05, 0) is 31.7 Å². The van der Waals surface area contributed by atoms with Gasteiger partial charge in [0.25, 0.3) is 0 Å². The van der Waals surface area contributed by atoms with Crippen molar-refractivity contribution in [1.29, 1.82) is 0 Å². The van der Waals surface area contributed by atoms with Gasteiger partial charge in [0.15, 0.2) is 0 Å². The highest BCUT2D eigenvalue weighted by molar-refractivity contribution is 4.97. The van der Waals surface area contributed by atoms with E-state index in [1.807, 2.05) is 0 Å². The zero-order valence-corrected chi connectivity index (χ0v) is 8.80. The van der Waals surface area contributed by atoms with E-state index in [0.29, 0.717) is 12.5 Å². The van der Waals surface area contributed by atoms with Crippen molar-refractivity contribution in [2.75, 3.05) is 26.4 Å². The minimum atomic E-state index is -0.132. The third-order valence-corrected chi connectivity index (χ3v) is 3.72. The molecule has 82 valence electrons. The van der Waals surface area contributed by atoms with E-state index in [0.717, 1.165) is 19.6 Å². The van der Waals surface area contributed by atoms with Crippen molar-refractivity contribution in [3.8, 4) is 0 Å². The molecule has 1 aliphatic heterocycles. The number of aliphatic hydroxyl groups is 1. The van der Waals surface area contributed by atoms with Crippen LogP contribution in [0.5, 0.6) is 0 Å². The molecule has 0 aromatic rings. The standard InChI is InChI=1S/C11H21NO2/c13-8-11(10-4-1-2-5-10)9-14-7-3-6-12-11/h10,12-13H,1-9H2. The molecule has 1 aliphatic carbocycles. The van der Waals surface area contributed by atoms with E-state index in [2.05, 4.69) is 5.32 Å². The Hall–Kier alpha value is -0.120. The normalized spacial score (nSPS) is 35.8. The van der Waals surface area contributed by atoms with E-state index in [-0.39, 0.29) is 12.1 Å². The maximum atomic E-state index is 9.58. The summed E-state index contributed by atoms with van der Waals surface area (Å²) in [6.07, 6.45) is 6.19. The van der Waals surface area contributed by atoms with Gasteiger partial charge < -0.3 is 15.2 Å².